The van der Waals surface area contributed by atoms with Crippen molar-refractivity contribution in [2.24, 2.45) is 5.92 Å². The van der Waals surface area contributed by atoms with Crippen LogP contribution in [0.15, 0.2) is 56.6 Å². The Morgan fingerprint density at radius 2 is 1.86 bits per heavy atom. The smallest absolute Gasteiger partial charge is 0.408 e. The van der Waals surface area contributed by atoms with Gasteiger partial charge < -0.3 is 4.42 Å². The number of sulfonamides is 1. The lowest BCUT2D eigenvalue weighted by Crippen LogP contribution is -2.37. The van der Waals surface area contributed by atoms with Crippen molar-refractivity contribution in [3.05, 3.63) is 63.6 Å². The first-order valence-electron chi connectivity index (χ1n) is 9.23. The van der Waals surface area contributed by atoms with Crippen molar-refractivity contribution in [2.45, 2.75) is 31.2 Å². The third-order valence-corrected chi connectivity index (χ3v) is 7.57. The van der Waals surface area contributed by atoms with Gasteiger partial charge in [-0.25, -0.2) is 13.2 Å². The molecular weight excluding hydrogens is 400 g/mol. The maximum atomic E-state index is 12.9. The molecule has 6 nitrogen and oxygen atoms in total. The molecule has 1 saturated heterocycles. The van der Waals surface area contributed by atoms with Crippen molar-refractivity contribution in [1.29, 1.82) is 0 Å². The van der Waals surface area contributed by atoms with Crippen LogP contribution < -0.4 is 5.76 Å². The second kappa shape index (κ2) is 7.39. The summed E-state index contributed by atoms with van der Waals surface area (Å²) in [5.41, 5.74) is 1.58. The highest BCUT2D eigenvalue weighted by Crippen LogP contribution is 2.26. The van der Waals surface area contributed by atoms with Gasteiger partial charge in [0, 0.05) is 24.2 Å². The Balaban J connectivity index is 1.69. The summed E-state index contributed by atoms with van der Waals surface area (Å²) in [6.45, 7) is 3.41. The number of halogens is 1. The van der Waals surface area contributed by atoms with Crippen molar-refractivity contribution in [3.8, 4) is 0 Å². The number of benzene rings is 2. The Bertz CT molecular complexity index is 1170. The van der Waals surface area contributed by atoms with Crippen molar-refractivity contribution in [2.75, 3.05) is 13.1 Å². The molecule has 0 bridgehead atoms. The Morgan fingerprint density at radius 1 is 1.14 bits per heavy atom. The topological polar surface area (TPSA) is 72.5 Å². The number of piperidine rings is 1. The monoisotopic (exact) mass is 420 g/mol. The first-order chi connectivity index (χ1) is 13.4. The molecule has 0 saturated carbocycles. The van der Waals surface area contributed by atoms with E-state index < -0.39 is 15.8 Å². The molecule has 2 heterocycles. The van der Waals surface area contributed by atoms with Gasteiger partial charge in [0.25, 0.3) is 0 Å². The van der Waals surface area contributed by atoms with E-state index in [-0.39, 0.29) is 17.0 Å². The van der Waals surface area contributed by atoms with Gasteiger partial charge in [-0.2, -0.15) is 4.31 Å². The molecule has 1 fully saturated rings. The van der Waals surface area contributed by atoms with Crippen LogP contribution in [-0.2, 0) is 16.6 Å². The van der Waals surface area contributed by atoms with Crippen LogP contribution in [0.25, 0.3) is 11.1 Å². The fraction of sp³-hybridized carbons (Fsp3) is 0.350. The molecule has 0 radical (unpaired) electrons. The molecule has 8 heteroatoms. The first kappa shape index (κ1) is 19.2. The second-order valence-electron chi connectivity index (χ2n) is 7.26. The maximum Gasteiger partial charge on any atom is 0.420 e. The van der Waals surface area contributed by atoms with Crippen molar-refractivity contribution < 1.29 is 12.8 Å². The molecule has 28 heavy (non-hydrogen) atoms. The standard InChI is InChI=1S/C20H21ClN2O4S/c1-14-8-10-22(11-9-14)28(25,26)16-6-7-18-19(12-16)27-20(24)23(18)13-15-4-2-3-5-17(15)21/h2-7,12,14H,8-11,13H2,1H3. The summed E-state index contributed by atoms with van der Waals surface area (Å²) in [5, 5.41) is 0.558. The third kappa shape index (κ3) is 3.50. The molecule has 2 aromatic carbocycles. The number of aromatic nitrogens is 1. The number of nitrogens with zero attached hydrogens (tertiary/aromatic N) is 2. The fourth-order valence-electron chi connectivity index (χ4n) is 3.53. The summed E-state index contributed by atoms with van der Waals surface area (Å²) < 4.78 is 34.2. The summed E-state index contributed by atoms with van der Waals surface area (Å²) in [6, 6.07) is 11.9. The molecule has 0 unspecified atom stereocenters. The van der Waals surface area contributed by atoms with E-state index in [0.29, 0.717) is 29.5 Å². The largest absolute Gasteiger partial charge is 0.420 e. The molecule has 148 valence electrons. The van der Waals surface area contributed by atoms with E-state index in [0.717, 1.165) is 18.4 Å². The van der Waals surface area contributed by atoms with E-state index in [1.807, 2.05) is 18.2 Å². The van der Waals surface area contributed by atoms with Crippen LogP contribution >= 0.6 is 11.6 Å². The lowest BCUT2D eigenvalue weighted by atomic mass is 10.0. The Kier molecular flexibility index (Phi) is 5.07. The van der Waals surface area contributed by atoms with Gasteiger partial charge in [-0.05, 0) is 42.5 Å². The van der Waals surface area contributed by atoms with Crippen LogP contribution in [0, 0.1) is 5.92 Å². The Morgan fingerprint density at radius 3 is 2.57 bits per heavy atom. The minimum atomic E-state index is -3.61. The predicted molar refractivity (Wildman–Crippen MR) is 108 cm³/mol. The van der Waals surface area contributed by atoms with Crippen molar-refractivity contribution in [3.63, 3.8) is 0 Å². The quantitative estimate of drug-likeness (QED) is 0.644. The van der Waals surface area contributed by atoms with Gasteiger partial charge in [0.1, 0.15) is 0 Å². The highest BCUT2D eigenvalue weighted by atomic mass is 35.5. The van der Waals surface area contributed by atoms with E-state index in [1.165, 1.54) is 21.0 Å². The summed E-state index contributed by atoms with van der Waals surface area (Å²) in [6.07, 6.45) is 1.70. The van der Waals surface area contributed by atoms with Gasteiger partial charge in [0.15, 0.2) is 5.58 Å². The summed E-state index contributed by atoms with van der Waals surface area (Å²) in [5.74, 6) is -0.0120. The summed E-state index contributed by atoms with van der Waals surface area (Å²) in [4.78, 5) is 12.5. The molecule has 0 N–H and O–H groups in total. The second-order valence-corrected chi connectivity index (χ2v) is 9.61. The Hall–Kier alpha value is -2.09. The van der Waals surface area contributed by atoms with E-state index in [2.05, 4.69) is 6.92 Å². The van der Waals surface area contributed by atoms with Crippen molar-refractivity contribution >= 4 is 32.7 Å². The number of rotatable bonds is 4. The number of fused-ring (bicyclic) bond motifs is 1. The van der Waals surface area contributed by atoms with Crippen LogP contribution in [0.2, 0.25) is 5.02 Å². The highest BCUT2D eigenvalue weighted by Gasteiger charge is 2.28. The van der Waals surface area contributed by atoms with Crippen LogP contribution in [0.4, 0.5) is 0 Å². The number of oxazole rings is 1. The molecule has 0 atom stereocenters. The SMILES string of the molecule is CC1CCN(S(=O)(=O)c2ccc3c(c2)oc(=O)n3Cc2ccccc2Cl)CC1. The average Bonchev–Trinajstić information content (AvgIpc) is 2.98. The highest BCUT2D eigenvalue weighted by molar-refractivity contribution is 7.89. The van der Waals surface area contributed by atoms with Crippen LogP contribution in [0.1, 0.15) is 25.3 Å². The lowest BCUT2D eigenvalue weighted by molar-refractivity contribution is 0.288. The number of hydrogen-bond donors (Lipinski definition) is 0. The lowest BCUT2D eigenvalue weighted by Gasteiger charge is -2.29. The zero-order valence-electron chi connectivity index (χ0n) is 15.5. The molecule has 0 spiro atoms. The third-order valence-electron chi connectivity index (χ3n) is 5.31. The molecule has 0 amide bonds. The van der Waals surface area contributed by atoms with E-state index in [1.54, 1.807) is 12.1 Å². The molecule has 1 aromatic heterocycles. The fourth-order valence-corrected chi connectivity index (χ4v) is 5.21. The van der Waals surface area contributed by atoms with Gasteiger partial charge in [0.05, 0.1) is 17.0 Å². The molecular formula is C20H21ClN2O4S. The van der Waals surface area contributed by atoms with Crippen LogP contribution in [0.5, 0.6) is 0 Å². The van der Waals surface area contributed by atoms with Gasteiger partial charge in [-0.15, -0.1) is 0 Å². The molecule has 1 aliphatic rings. The minimum absolute atomic E-state index is 0.146. The van der Waals surface area contributed by atoms with E-state index in [9.17, 15) is 13.2 Å². The maximum absolute atomic E-state index is 12.9. The van der Waals surface area contributed by atoms with Crippen LogP contribution in [0.3, 0.4) is 0 Å². The normalized spacial score (nSPS) is 16.6. The first-order valence-corrected chi connectivity index (χ1v) is 11.0. The average molecular weight is 421 g/mol. The summed E-state index contributed by atoms with van der Waals surface area (Å²) >= 11 is 6.20. The molecule has 4 rings (SSSR count). The zero-order chi connectivity index (χ0) is 19.9. The van der Waals surface area contributed by atoms with Gasteiger partial charge >= 0.3 is 5.76 Å². The predicted octanol–water partition coefficient (Wildman–Crippen LogP) is 3.72. The minimum Gasteiger partial charge on any atom is -0.408 e. The van der Waals surface area contributed by atoms with Crippen LogP contribution in [-0.4, -0.2) is 30.4 Å². The van der Waals surface area contributed by atoms with Crippen molar-refractivity contribution in [1.82, 2.24) is 8.87 Å². The molecule has 0 aliphatic carbocycles. The van der Waals surface area contributed by atoms with Gasteiger partial charge in [0.2, 0.25) is 10.0 Å². The van der Waals surface area contributed by atoms with Gasteiger partial charge in [-0.1, -0.05) is 36.7 Å². The van der Waals surface area contributed by atoms with E-state index >= 15 is 0 Å². The molecule has 1 aliphatic heterocycles. The van der Waals surface area contributed by atoms with Gasteiger partial charge in [-0.3, -0.25) is 4.57 Å². The van der Waals surface area contributed by atoms with E-state index in [4.69, 9.17) is 16.0 Å². The summed E-state index contributed by atoms with van der Waals surface area (Å²) in [7, 11) is -3.61. The molecule has 3 aromatic rings. The Labute approximate surface area is 168 Å². The number of hydrogen-bond acceptors (Lipinski definition) is 4. The zero-order valence-corrected chi connectivity index (χ0v) is 17.0.